The highest BCUT2D eigenvalue weighted by atomic mass is 35.5. The molecule has 0 saturated heterocycles. The SMILES string of the molecule is Cl.N[C@@H](Cc1c[nH]c2ccccc12)C(=O)NCC1=C(O)C(=O)C=C(O)C1=O. The number of hydrogen-bond acceptors (Lipinski definition) is 6. The van der Waals surface area contributed by atoms with Gasteiger partial charge in [0.2, 0.25) is 17.5 Å². The van der Waals surface area contributed by atoms with Crippen molar-refractivity contribution in [3.05, 3.63) is 59.2 Å². The molecule has 0 unspecified atom stereocenters. The van der Waals surface area contributed by atoms with Crippen LogP contribution in [0.3, 0.4) is 0 Å². The summed E-state index contributed by atoms with van der Waals surface area (Å²) in [5, 5.41) is 22.4. The first-order chi connectivity index (χ1) is 12.4. The van der Waals surface area contributed by atoms with Crippen LogP contribution in [0.25, 0.3) is 10.9 Å². The van der Waals surface area contributed by atoms with E-state index in [-0.39, 0.29) is 24.4 Å². The van der Waals surface area contributed by atoms with Crippen molar-refractivity contribution in [1.29, 1.82) is 0 Å². The average Bonchev–Trinajstić information content (AvgIpc) is 3.03. The predicted octanol–water partition coefficient (Wildman–Crippen LogP) is 0.982. The van der Waals surface area contributed by atoms with Crippen molar-refractivity contribution in [1.82, 2.24) is 10.3 Å². The number of aliphatic hydroxyl groups is 2. The Morgan fingerprint density at radius 2 is 1.93 bits per heavy atom. The number of carbonyl (C=O) groups excluding carboxylic acids is 3. The lowest BCUT2D eigenvalue weighted by Gasteiger charge is -2.15. The van der Waals surface area contributed by atoms with E-state index in [1.165, 1.54) is 0 Å². The number of benzene rings is 1. The van der Waals surface area contributed by atoms with Gasteiger partial charge in [0.1, 0.15) is 0 Å². The van der Waals surface area contributed by atoms with Crippen LogP contribution in [0.4, 0.5) is 0 Å². The van der Waals surface area contributed by atoms with Crippen LogP contribution in [-0.4, -0.2) is 45.3 Å². The fourth-order valence-electron chi connectivity index (χ4n) is 2.77. The van der Waals surface area contributed by atoms with Gasteiger partial charge in [-0.25, -0.2) is 0 Å². The summed E-state index contributed by atoms with van der Waals surface area (Å²) in [6, 6.07) is 6.70. The molecule has 0 bridgehead atoms. The Hall–Kier alpha value is -3.10. The lowest BCUT2D eigenvalue weighted by molar-refractivity contribution is -0.122. The van der Waals surface area contributed by atoms with Crippen LogP contribution in [0.2, 0.25) is 0 Å². The molecule has 0 aliphatic heterocycles. The minimum absolute atomic E-state index is 0. The van der Waals surface area contributed by atoms with Crippen molar-refractivity contribution in [2.24, 2.45) is 5.73 Å². The van der Waals surface area contributed by atoms with Gasteiger partial charge in [-0.15, -0.1) is 12.4 Å². The molecule has 0 fully saturated rings. The van der Waals surface area contributed by atoms with E-state index in [0.29, 0.717) is 6.08 Å². The monoisotopic (exact) mass is 391 g/mol. The van der Waals surface area contributed by atoms with E-state index in [4.69, 9.17) is 5.73 Å². The highest BCUT2D eigenvalue weighted by Gasteiger charge is 2.29. The molecule has 1 aliphatic rings. The van der Waals surface area contributed by atoms with Gasteiger partial charge in [0.15, 0.2) is 11.5 Å². The average molecular weight is 392 g/mol. The van der Waals surface area contributed by atoms with Crippen molar-refractivity contribution in [2.45, 2.75) is 12.5 Å². The van der Waals surface area contributed by atoms with Crippen molar-refractivity contribution in [3.8, 4) is 0 Å². The number of carbonyl (C=O) groups is 3. The van der Waals surface area contributed by atoms with Gasteiger partial charge in [0.05, 0.1) is 18.2 Å². The number of fused-ring (bicyclic) bond motifs is 1. The molecule has 0 radical (unpaired) electrons. The number of halogens is 1. The van der Waals surface area contributed by atoms with Crippen LogP contribution in [0.5, 0.6) is 0 Å². The molecule has 1 heterocycles. The Labute approximate surface area is 160 Å². The molecule has 0 saturated carbocycles. The molecular formula is C18H18ClN3O5. The molecule has 1 aromatic heterocycles. The first-order valence-corrected chi connectivity index (χ1v) is 7.88. The number of aromatic nitrogens is 1. The molecule has 142 valence electrons. The molecule has 1 atom stereocenters. The third-order valence-corrected chi connectivity index (χ3v) is 4.18. The number of para-hydroxylation sites is 1. The van der Waals surface area contributed by atoms with Crippen LogP contribution in [0, 0.1) is 0 Å². The lowest BCUT2D eigenvalue weighted by Crippen LogP contribution is -2.43. The third kappa shape index (κ3) is 4.02. The number of nitrogens with one attached hydrogen (secondary N) is 2. The molecule has 1 amide bonds. The van der Waals surface area contributed by atoms with Gasteiger partial charge >= 0.3 is 0 Å². The predicted molar refractivity (Wildman–Crippen MR) is 101 cm³/mol. The molecule has 0 spiro atoms. The minimum Gasteiger partial charge on any atom is -0.504 e. The smallest absolute Gasteiger partial charge is 0.237 e. The third-order valence-electron chi connectivity index (χ3n) is 4.18. The van der Waals surface area contributed by atoms with Gasteiger partial charge < -0.3 is 26.2 Å². The number of H-pyrrole nitrogens is 1. The highest BCUT2D eigenvalue weighted by molar-refractivity contribution is 6.21. The van der Waals surface area contributed by atoms with E-state index in [9.17, 15) is 24.6 Å². The van der Waals surface area contributed by atoms with Gasteiger partial charge in [0, 0.05) is 23.2 Å². The van der Waals surface area contributed by atoms with Gasteiger partial charge in [-0.3, -0.25) is 14.4 Å². The van der Waals surface area contributed by atoms with Crippen molar-refractivity contribution in [3.63, 3.8) is 0 Å². The number of rotatable bonds is 5. The van der Waals surface area contributed by atoms with Gasteiger partial charge in [0.25, 0.3) is 0 Å². The van der Waals surface area contributed by atoms with E-state index in [0.717, 1.165) is 16.5 Å². The van der Waals surface area contributed by atoms with E-state index in [1.807, 2.05) is 24.3 Å². The maximum atomic E-state index is 12.2. The summed E-state index contributed by atoms with van der Waals surface area (Å²) < 4.78 is 0. The van der Waals surface area contributed by atoms with E-state index >= 15 is 0 Å². The summed E-state index contributed by atoms with van der Waals surface area (Å²) in [5.74, 6) is -3.93. The normalized spacial score (nSPS) is 15.4. The standard InChI is InChI=1S/C18H17N3O5.ClH/c19-12(5-9-7-20-13-4-2-1-3-10(9)13)18(26)21-8-11-16(24)14(22)6-15(23)17(11)25;/h1-4,6-7,12,20,22,25H,5,8,19H2,(H,21,26);1H/t12-;/m0./s1. The molecule has 3 rings (SSSR count). The number of Topliss-reactive ketones (excluding diaryl/α,β-unsaturated/α-hetero) is 1. The zero-order valence-corrected chi connectivity index (χ0v) is 14.9. The van der Waals surface area contributed by atoms with Crippen LogP contribution >= 0.6 is 12.4 Å². The highest BCUT2D eigenvalue weighted by Crippen LogP contribution is 2.19. The quantitative estimate of drug-likeness (QED) is 0.480. The Bertz CT molecular complexity index is 976. The maximum absolute atomic E-state index is 12.2. The van der Waals surface area contributed by atoms with Crippen molar-refractivity contribution in [2.75, 3.05) is 6.54 Å². The summed E-state index contributed by atoms with van der Waals surface area (Å²) in [7, 11) is 0. The zero-order valence-electron chi connectivity index (χ0n) is 14.1. The van der Waals surface area contributed by atoms with Gasteiger partial charge in [-0.2, -0.15) is 0 Å². The number of aromatic amines is 1. The summed E-state index contributed by atoms with van der Waals surface area (Å²) in [5.41, 5.74) is 7.35. The van der Waals surface area contributed by atoms with Crippen molar-refractivity contribution < 1.29 is 24.6 Å². The molecular weight excluding hydrogens is 374 g/mol. The molecule has 9 heteroatoms. The van der Waals surface area contributed by atoms with Crippen LogP contribution < -0.4 is 11.1 Å². The van der Waals surface area contributed by atoms with Crippen molar-refractivity contribution >= 4 is 40.8 Å². The lowest BCUT2D eigenvalue weighted by atomic mass is 9.99. The molecule has 27 heavy (non-hydrogen) atoms. The summed E-state index contributed by atoms with van der Waals surface area (Å²) >= 11 is 0. The number of hydrogen-bond donors (Lipinski definition) is 5. The molecule has 8 nitrogen and oxygen atoms in total. The second-order valence-corrected chi connectivity index (χ2v) is 5.94. The number of amides is 1. The fourth-order valence-corrected chi connectivity index (χ4v) is 2.77. The Balaban J connectivity index is 0.00000261. The van der Waals surface area contributed by atoms with Crippen LogP contribution in [-0.2, 0) is 20.8 Å². The number of allylic oxidation sites excluding steroid dienone is 2. The molecule has 2 aromatic rings. The number of nitrogens with two attached hydrogens (primary N) is 1. The van der Waals surface area contributed by atoms with E-state index in [2.05, 4.69) is 10.3 Å². The number of ketones is 2. The topological polar surface area (TPSA) is 146 Å². The van der Waals surface area contributed by atoms with Gasteiger partial charge in [-0.05, 0) is 18.1 Å². The Morgan fingerprint density at radius 1 is 1.22 bits per heavy atom. The van der Waals surface area contributed by atoms with Crippen LogP contribution in [0.1, 0.15) is 5.56 Å². The first kappa shape index (κ1) is 20.2. The second-order valence-electron chi connectivity index (χ2n) is 5.94. The molecule has 1 aliphatic carbocycles. The molecule has 6 N–H and O–H groups in total. The Kier molecular flexibility index (Phi) is 6.04. The van der Waals surface area contributed by atoms with Crippen LogP contribution in [0.15, 0.2) is 53.6 Å². The summed E-state index contributed by atoms with van der Waals surface area (Å²) in [6.45, 7) is -0.408. The maximum Gasteiger partial charge on any atom is 0.237 e. The summed E-state index contributed by atoms with van der Waals surface area (Å²) in [4.78, 5) is 38.5. The fraction of sp³-hybridized carbons (Fsp3) is 0.167. The van der Waals surface area contributed by atoms with E-state index in [1.54, 1.807) is 6.20 Å². The van der Waals surface area contributed by atoms with Gasteiger partial charge in [-0.1, -0.05) is 18.2 Å². The number of aliphatic hydroxyl groups excluding tert-OH is 2. The summed E-state index contributed by atoms with van der Waals surface area (Å²) in [6.07, 6.45) is 2.67. The van der Waals surface area contributed by atoms with E-state index < -0.39 is 41.6 Å². The second kappa shape index (κ2) is 8.07. The zero-order chi connectivity index (χ0) is 18.8. The molecule has 1 aromatic carbocycles. The largest absolute Gasteiger partial charge is 0.504 e. The minimum atomic E-state index is -0.910. The Morgan fingerprint density at radius 3 is 2.67 bits per heavy atom. The first-order valence-electron chi connectivity index (χ1n) is 7.88.